The van der Waals surface area contributed by atoms with Gasteiger partial charge in [-0.3, -0.25) is 4.98 Å². The molecular weight excluding hydrogens is 259 g/mol. The number of nitrogens with one attached hydrogen (secondary N) is 1. The summed E-state index contributed by atoms with van der Waals surface area (Å²) in [7, 11) is 0. The zero-order valence-electron chi connectivity index (χ0n) is 11.3. The second kappa shape index (κ2) is 6.78. The Labute approximate surface area is 117 Å². The summed E-state index contributed by atoms with van der Waals surface area (Å²) in [5, 5.41) is 5.66. The Kier molecular flexibility index (Phi) is 5.05. The summed E-state index contributed by atoms with van der Waals surface area (Å²) < 4.78 is 13.2. The van der Waals surface area contributed by atoms with E-state index in [1.165, 1.54) is 11.1 Å². The molecule has 0 aliphatic heterocycles. The predicted molar refractivity (Wildman–Crippen MR) is 77.7 cm³/mol. The molecule has 2 aromatic rings. The molecule has 0 aromatic carbocycles. The highest BCUT2D eigenvalue weighted by molar-refractivity contribution is 7.10. The number of hydrogen-bond acceptors (Lipinski definition) is 3. The molecule has 0 saturated carbocycles. The first-order valence-electron chi connectivity index (χ1n) is 6.60. The third-order valence-corrected chi connectivity index (χ3v) is 4.13. The maximum atomic E-state index is 13.2. The number of aromatic nitrogens is 1. The summed E-state index contributed by atoms with van der Waals surface area (Å²) in [5.74, 6) is -0.283. The van der Waals surface area contributed by atoms with Crippen LogP contribution in [-0.2, 0) is 0 Å². The average molecular weight is 278 g/mol. The minimum absolute atomic E-state index is 0.0850. The number of hydrogen-bond donors (Lipinski definition) is 1. The number of pyridine rings is 1. The van der Waals surface area contributed by atoms with Crippen molar-refractivity contribution in [3.05, 3.63) is 52.2 Å². The van der Waals surface area contributed by atoms with Crippen LogP contribution in [0.4, 0.5) is 4.39 Å². The van der Waals surface area contributed by atoms with Crippen molar-refractivity contribution < 1.29 is 4.39 Å². The zero-order chi connectivity index (χ0) is 13.7. The van der Waals surface area contributed by atoms with Crippen LogP contribution in [-0.4, -0.2) is 4.98 Å². The van der Waals surface area contributed by atoms with E-state index in [2.05, 4.69) is 34.7 Å². The number of halogens is 1. The molecule has 0 saturated heterocycles. The maximum Gasteiger partial charge on any atom is 0.141 e. The van der Waals surface area contributed by atoms with Crippen LogP contribution in [0.25, 0.3) is 0 Å². The molecule has 2 nitrogen and oxygen atoms in total. The van der Waals surface area contributed by atoms with E-state index in [1.54, 1.807) is 23.6 Å². The van der Waals surface area contributed by atoms with Crippen molar-refractivity contribution in [3.63, 3.8) is 0 Å². The first-order valence-corrected chi connectivity index (χ1v) is 7.48. The van der Waals surface area contributed by atoms with Crippen molar-refractivity contribution in [2.24, 2.45) is 0 Å². The minimum atomic E-state index is -0.283. The first kappa shape index (κ1) is 14.2. The van der Waals surface area contributed by atoms with Gasteiger partial charge < -0.3 is 5.32 Å². The molecule has 0 aliphatic rings. The van der Waals surface area contributed by atoms with Gasteiger partial charge in [-0.25, -0.2) is 4.39 Å². The van der Waals surface area contributed by atoms with Gasteiger partial charge in [0, 0.05) is 23.2 Å². The molecule has 2 unspecified atom stereocenters. The Morgan fingerprint density at radius 2 is 2.26 bits per heavy atom. The molecule has 2 heterocycles. The third kappa shape index (κ3) is 3.85. The van der Waals surface area contributed by atoms with Gasteiger partial charge in [0.25, 0.3) is 0 Å². The fourth-order valence-electron chi connectivity index (χ4n) is 2.15. The predicted octanol–water partition coefficient (Wildman–Crippen LogP) is 4.47. The highest BCUT2D eigenvalue weighted by Crippen LogP contribution is 2.26. The smallest absolute Gasteiger partial charge is 0.141 e. The quantitative estimate of drug-likeness (QED) is 0.843. The fraction of sp³-hybridized carbons (Fsp3) is 0.400. The van der Waals surface area contributed by atoms with E-state index < -0.39 is 0 Å². The van der Waals surface area contributed by atoms with E-state index in [1.807, 2.05) is 6.92 Å². The van der Waals surface area contributed by atoms with Crippen LogP contribution in [0.15, 0.2) is 36.0 Å². The van der Waals surface area contributed by atoms with Gasteiger partial charge in [-0.2, -0.15) is 0 Å². The molecule has 2 rings (SSSR count). The monoisotopic (exact) mass is 278 g/mol. The fourth-order valence-corrected chi connectivity index (χ4v) is 2.97. The first-order chi connectivity index (χ1) is 9.20. The van der Waals surface area contributed by atoms with Gasteiger partial charge in [-0.15, -0.1) is 11.3 Å². The van der Waals surface area contributed by atoms with Gasteiger partial charge in [0.05, 0.1) is 6.20 Å². The highest BCUT2D eigenvalue weighted by Gasteiger charge is 2.16. The molecule has 4 heteroatoms. The molecular formula is C15H19FN2S. The van der Waals surface area contributed by atoms with Crippen molar-refractivity contribution in [1.82, 2.24) is 10.3 Å². The van der Waals surface area contributed by atoms with Crippen LogP contribution < -0.4 is 5.32 Å². The number of rotatable bonds is 6. The Balaban J connectivity index is 2.09. The Morgan fingerprint density at radius 1 is 1.42 bits per heavy atom. The van der Waals surface area contributed by atoms with Gasteiger partial charge >= 0.3 is 0 Å². The van der Waals surface area contributed by atoms with Crippen LogP contribution in [0, 0.1) is 5.82 Å². The molecule has 0 aliphatic carbocycles. The second-order valence-corrected chi connectivity index (χ2v) is 5.66. The van der Waals surface area contributed by atoms with Crippen molar-refractivity contribution in [2.45, 2.75) is 38.8 Å². The zero-order valence-corrected chi connectivity index (χ0v) is 12.1. The Morgan fingerprint density at radius 3 is 2.89 bits per heavy atom. The van der Waals surface area contributed by atoms with Crippen molar-refractivity contribution in [3.8, 4) is 0 Å². The highest BCUT2D eigenvalue weighted by atomic mass is 32.1. The van der Waals surface area contributed by atoms with Crippen LogP contribution in [0.3, 0.4) is 0 Å². The molecule has 2 atom stereocenters. The number of thiophene rings is 1. The maximum absolute atomic E-state index is 13.2. The topological polar surface area (TPSA) is 24.9 Å². The Hall–Kier alpha value is -1.26. The molecule has 0 amide bonds. The SMILES string of the molecule is CCCC(NC(C)c1cncc(F)c1)c1cccs1. The summed E-state index contributed by atoms with van der Waals surface area (Å²) in [6.45, 7) is 4.23. The van der Waals surface area contributed by atoms with E-state index in [0.29, 0.717) is 6.04 Å². The summed E-state index contributed by atoms with van der Waals surface area (Å²) in [6, 6.07) is 6.17. The lowest BCUT2D eigenvalue weighted by Gasteiger charge is -2.22. The summed E-state index contributed by atoms with van der Waals surface area (Å²) in [4.78, 5) is 5.24. The van der Waals surface area contributed by atoms with Gasteiger partial charge in [0.15, 0.2) is 0 Å². The lowest BCUT2D eigenvalue weighted by atomic mass is 10.1. The largest absolute Gasteiger partial charge is 0.303 e. The lowest BCUT2D eigenvalue weighted by molar-refractivity contribution is 0.442. The van der Waals surface area contributed by atoms with Crippen molar-refractivity contribution in [2.75, 3.05) is 0 Å². The van der Waals surface area contributed by atoms with Crippen LogP contribution in [0.1, 0.15) is 49.2 Å². The average Bonchev–Trinajstić information content (AvgIpc) is 2.92. The molecule has 0 spiro atoms. The lowest BCUT2D eigenvalue weighted by Crippen LogP contribution is -2.24. The summed E-state index contributed by atoms with van der Waals surface area (Å²) in [6.07, 6.45) is 5.15. The van der Waals surface area contributed by atoms with Crippen LogP contribution >= 0.6 is 11.3 Å². The van der Waals surface area contributed by atoms with Crippen LogP contribution in [0.5, 0.6) is 0 Å². The normalized spacial score (nSPS) is 14.3. The second-order valence-electron chi connectivity index (χ2n) is 4.68. The molecule has 0 fully saturated rings. The van der Waals surface area contributed by atoms with Gasteiger partial charge in [-0.1, -0.05) is 19.4 Å². The van der Waals surface area contributed by atoms with Gasteiger partial charge in [0.2, 0.25) is 0 Å². The molecule has 102 valence electrons. The third-order valence-electron chi connectivity index (χ3n) is 3.14. The van der Waals surface area contributed by atoms with Gasteiger partial charge in [0.1, 0.15) is 5.82 Å². The minimum Gasteiger partial charge on any atom is -0.303 e. The van der Waals surface area contributed by atoms with E-state index in [-0.39, 0.29) is 11.9 Å². The van der Waals surface area contributed by atoms with Crippen molar-refractivity contribution >= 4 is 11.3 Å². The molecule has 0 radical (unpaired) electrons. The molecule has 0 bridgehead atoms. The molecule has 19 heavy (non-hydrogen) atoms. The standard InChI is InChI=1S/C15H19FN2S/c1-3-5-14(15-6-4-7-19-15)18-11(2)12-8-13(16)10-17-9-12/h4,6-11,14,18H,3,5H2,1-2H3. The van der Waals surface area contributed by atoms with Gasteiger partial charge in [-0.05, 0) is 36.4 Å². The van der Waals surface area contributed by atoms with E-state index >= 15 is 0 Å². The summed E-state index contributed by atoms with van der Waals surface area (Å²) in [5.41, 5.74) is 0.887. The van der Waals surface area contributed by atoms with Crippen LogP contribution in [0.2, 0.25) is 0 Å². The van der Waals surface area contributed by atoms with Crippen molar-refractivity contribution in [1.29, 1.82) is 0 Å². The van der Waals surface area contributed by atoms with E-state index in [0.717, 1.165) is 18.4 Å². The van der Waals surface area contributed by atoms with E-state index in [9.17, 15) is 4.39 Å². The molecule has 1 N–H and O–H groups in total. The van der Waals surface area contributed by atoms with E-state index in [4.69, 9.17) is 0 Å². The molecule has 2 aromatic heterocycles. The summed E-state index contributed by atoms with van der Waals surface area (Å²) >= 11 is 1.76. The number of nitrogens with zero attached hydrogens (tertiary/aromatic N) is 1. The Bertz CT molecular complexity index is 499.